The van der Waals surface area contributed by atoms with Crippen LogP contribution in [0.5, 0.6) is 11.5 Å². The van der Waals surface area contributed by atoms with Gasteiger partial charge in [0.1, 0.15) is 5.69 Å². The number of hydrogen-bond donors (Lipinski definition) is 2. The maximum absolute atomic E-state index is 13.7. The average Bonchev–Trinajstić information content (AvgIpc) is 2.51. The summed E-state index contributed by atoms with van der Waals surface area (Å²) in [7, 11) is 0. The lowest BCUT2D eigenvalue weighted by Crippen LogP contribution is -2.43. The van der Waals surface area contributed by atoms with Gasteiger partial charge in [0.2, 0.25) is 0 Å². The van der Waals surface area contributed by atoms with Crippen LogP contribution in [0.1, 0.15) is 11.7 Å². The predicted molar refractivity (Wildman–Crippen MR) is 81.6 cm³/mol. The summed E-state index contributed by atoms with van der Waals surface area (Å²) in [5.41, 5.74) is 0.794. The number of nitrogens with one attached hydrogen (secondary N) is 2. The van der Waals surface area contributed by atoms with Crippen molar-refractivity contribution >= 4 is 12.4 Å². The molecule has 4 nitrogen and oxygen atoms in total. The van der Waals surface area contributed by atoms with Crippen molar-refractivity contribution in [2.75, 3.05) is 19.6 Å². The molecule has 0 bridgehead atoms. The normalized spacial score (nSPS) is 17.9. The summed E-state index contributed by atoms with van der Waals surface area (Å²) in [5, 5.41) is 6.68. The maximum atomic E-state index is 13.7. The second-order valence-electron chi connectivity index (χ2n) is 4.63. The Morgan fingerprint density at radius 2 is 1.90 bits per heavy atom. The number of hydrogen-bond acceptors (Lipinski definition) is 4. The molecule has 0 saturated carbocycles. The zero-order valence-electron chi connectivity index (χ0n) is 11.4. The molecule has 1 aromatic heterocycles. The lowest BCUT2D eigenvalue weighted by Gasteiger charge is -2.25. The molecule has 21 heavy (non-hydrogen) atoms. The van der Waals surface area contributed by atoms with Crippen LogP contribution in [0.2, 0.25) is 0 Å². The van der Waals surface area contributed by atoms with Gasteiger partial charge in [-0.3, -0.25) is 4.98 Å². The molecule has 6 heteroatoms. The number of rotatable bonds is 3. The first-order valence-electron chi connectivity index (χ1n) is 6.66. The molecule has 1 atom stereocenters. The Kier molecular flexibility index (Phi) is 5.50. The lowest BCUT2D eigenvalue weighted by atomic mass is 10.1. The molecule has 2 heterocycles. The van der Waals surface area contributed by atoms with E-state index < -0.39 is 0 Å². The van der Waals surface area contributed by atoms with E-state index in [-0.39, 0.29) is 30.0 Å². The molecular formula is C15H17ClFN3O. The fraction of sp³-hybridized carbons (Fsp3) is 0.267. The Morgan fingerprint density at radius 3 is 2.67 bits per heavy atom. The first kappa shape index (κ1) is 15.7. The fourth-order valence-electron chi connectivity index (χ4n) is 2.24. The minimum atomic E-state index is -0.378. The molecule has 1 aliphatic rings. The number of nitrogens with zero attached hydrogens (tertiary/aromatic N) is 1. The maximum Gasteiger partial charge on any atom is 0.165 e. The van der Waals surface area contributed by atoms with Crippen LogP contribution in [0, 0.1) is 5.82 Å². The first-order chi connectivity index (χ1) is 9.84. The standard InChI is InChI=1S/C15H16FN3O.ClH/c16-11-4-1-2-5-13(11)20-14-6-3-7-19-15(14)12-10-17-8-9-18-12;/h1-7,12,17-18H,8-10H2;1H. The van der Waals surface area contributed by atoms with Crippen LogP contribution < -0.4 is 15.4 Å². The molecule has 0 radical (unpaired) electrons. The summed E-state index contributed by atoms with van der Waals surface area (Å²) in [5.74, 6) is 0.418. The number of aromatic nitrogens is 1. The van der Waals surface area contributed by atoms with E-state index in [0.717, 1.165) is 25.3 Å². The van der Waals surface area contributed by atoms with E-state index in [9.17, 15) is 4.39 Å². The Hall–Kier alpha value is -1.69. The summed E-state index contributed by atoms with van der Waals surface area (Å²) in [4.78, 5) is 4.38. The van der Waals surface area contributed by atoms with Gasteiger partial charge in [-0.15, -0.1) is 12.4 Å². The summed E-state index contributed by atoms with van der Waals surface area (Å²) in [6.45, 7) is 2.60. The van der Waals surface area contributed by atoms with Gasteiger partial charge >= 0.3 is 0 Å². The monoisotopic (exact) mass is 309 g/mol. The second kappa shape index (κ2) is 7.36. The van der Waals surface area contributed by atoms with Gasteiger partial charge in [-0.2, -0.15) is 0 Å². The van der Waals surface area contributed by atoms with Crippen molar-refractivity contribution in [2.24, 2.45) is 0 Å². The van der Waals surface area contributed by atoms with E-state index in [4.69, 9.17) is 4.74 Å². The molecule has 1 aliphatic heterocycles. The minimum Gasteiger partial charge on any atom is -0.452 e. The molecule has 2 N–H and O–H groups in total. The molecule has 0 aliphatic carbocycles. The van der Waals surface area contributed by atoms with Crippen LogP contribution in [0.3, 0.4) is 0 Å². The number of halogens is 2. The van der Waals surface area contributed by atoms with Gasteiger partial charge in [-0.1, -0.05) is 12.1 Å². The molecule has 0 spiro atoms. The first-order valence-corrected chi connectivity index (χ1v) is 6.66. The number of pyridine rings is 1. The third kappa shape index (κ3) is 3.69. The van der Waals surface area contributed by atoms with Crippen LogP contribution in [0.25, 0.3) is 0 Å². The molecule has 1 saturated heterocycles. The third-order valence-electron chi connectivity index (χ3n) is 3.23. The van der Waals surface area contributed by atoms with Gasteiger partial charge in [-0.05, 0) is 24.3 Å². The molecule has 1 fully saturated rings. The lowest BCUT2D eigenvalue weighted by molar-refractivity contribution is 0.391. The van der Waals surface area contributed by atoms with E-state index in [1.54, 1.807) is 30.5 Å². The highest BCUT2D eigenvalue weighted by molar-refractivity contribution is 5.85. The largest absolute Gasteiger partial charge is 0.452 e. The van der Waals surface area contributed by atoms with Gasteiger partial charge in [0.15, 0.2) is 17.3 Å². The van der Waals surface area contributed by atoms with Gasteiger partial charge in [-0.25, -0.2) is 4.39 Å². The second-order valence-corrected chi connectivity index (χ2v) is 4.63. The quantitative estimate of drug-likeness (QED) is 0.915. The molecular weight excluding hydrogens is 293 g/mol. The Labute approximate surface area is 129 Å². The Bertz CT molecular complexity index is 591. The van der Waals surface area contributed by atoms with Crippen molar-refractivity contribution in [3.8, 4) is 11.5 Å². The molecule has 2 aromatic rings. The molecule has 112 valence electrons. The number of benzene rings is 1. The van der Waals surface area contributed by atoms with Crippen LogP contribution >= 0.6 is 12.4 Å². The Morgan fingerprint density at radius 1 is 1.10 bits per heavy atom. The summed E-state index contributed by atoms with van der Waals surface area (Å²) >= 11 is 0. The highest BCUT2D eigenvalue weighted by atomic mass is 35.5. The third-order valence-corrected chi connectivity index (χ3v) is 3.23. The van der Waals surface area contributed by atoms with Crippen molar-refractivity contribution in [1.29, 1.82) is 0 Å². The molecule has 0 amide bonds. The number of piperazine rings is 1. The van der Waals surface area contributed by atoms with Crippen molar-refractivity contribution in [3.63, 3.8) is 0 Å². The topological polar surface area (TPSA) is 46.2 Å². The van der Waals surface area contributed by atoms with E-state index >= 15 is 0 Å². The highest BCUT2D eigenvalue weighted by Gasteiger charge is 2.20. The average molecular weight is 310 g/mol. The van der Waals surface area contributed by atoms with Crippen molar-refractivity contribution < 1.29 is 9.13 Å². The number of para-hydroxylation sites is 1. The predicted octanol–water partition coefficient (Wildman–Crippen LogP) is 2.67. The minimum absolute atomic E-state index is 0. The van der Waals surface area contributed by atoms with Gasteiger partial charge < -0.3 is 15.4 Å². The summed E-state index contributed by atoms with van der Waals surface area (Å²) in [6, 6.07) is 10.0. The van der Waals surface area contributed by atoms with E-state index in [0.29, 0.717) is 5.75 Å². The van der Waals surface area contributed by atoms with E-state index in [2.05, 4.69) is 15.6 Å². The van der Waals surface area contributed by atoms with Gasteiger partial charge in [0.05, 0.1) is 6.04 Å². The fourth-order valence-corrected chi connectivity index (χ4v) is 2.24. The smallest absolute Gasteiger partial charge is 0.165 e. The molecule has 1 unspecified atom stereocenters. The van der Waals surface area contributed by atoms with Crippen molar-refractivity contribution in [3.05, 3.63) is 54.1 Å². The zero-order valence-corrected chi connectivity index (χ0v) is 12.2. The summed E-state index contributed by atoms with van der Waals surface area (Å²) < 4.78 is 19.4. The van der Waals surface area contributed by atoms with Crippen LogP contribution in [0.15, 0.2) is 42.6 Å². The van der Waals surface area contributed by atoms with Gasteiger partial charge in [0, 0.05) is 25.8 Å². The van der Waals surface area contributed by atoms with Crippen LogP contribution in [0.4, 0.5) is 4.39 Å². The van der Waals surface area contributed by atoms with E-state index in [1.807, 2.05) is 6.07 Å². The van der Waals surface area contributed by atoms with Gasteiger partial charge in [0.25, 0.3) is 0 Å². The molecule has 1 aromatic carbocycles. The van der Waals surface area contributed by atoms with Crippen molar-refractivity contribution in [1.82, 2.24) is 15.6 Å². The Balaban J connectivity index is 0.00000161. The van der Waals surface area contributed by atoms with E-state index in [1.165, 1.54) is 6.07 Å². The number of ether oxygens (including phenoxy) is 1. The SMILES string of the molecule is Cl.Fc1ccccc1Oc1cccnc1C1CNCCN1. The van der Waals surface area contributed by atoms with Crippen molar-refractivity contribution in [2.45, 2.75) is 6.04 Å². The summed E-state index contributed by atoms with van der Waals surface area (Å²) in [6.07, 6.45) is 1.72. The van der Waals surface area contributed by atoms with Crippen LogP contribution in [-0.4, -0.2) is 24.6 Å². The highest BCUT2D eigenvalue weighted by Crippen LogP contribution is 2.29. The zero-order chi connectivity index (χ0) is 13.8. The van der Waals surface area contributed by atoms with Crippen LogP contribution in [-0.2, 0) is 0 Å². The molecule has 3 rings (SSSR count).